The monoisotopic (exact) mass is 255 g/mol. The smallest absolute Gasteiger partial charge is 0.261 e. The van der Waals surface area contributed by atoms with Gasteiger partial charge in [-0.25, -0.2) is 0 Å². The van der Waals surface area contributed by atoms with Crippen molar-refractivity contribution in [3.05, 3.63) is 21.4 Å². The van der Waals surface area contributed by atoms with E-state index in [2.05, 4.69) is 5.32 Å². The molecule has 1 aromatic rings. The van der Waals surface area contributed by atoms with E-state index in [-0.39, 0.29) is 5.91 Å². The van der Waals surface area contributed by atoms with Crippen LogP contribution in [-0.2, 0) is 0 Å². The highest BCUT2D eigenvalue weighted by Gasteiger charge is 2.23. The van der Waals surface area contributed by atoms with E-state index in [1.165, 1.54) is 11.3 Å². The zero-order valence-corrected chi connectivity index (χ0v) is 11.8. The predicted octanol–water partition coefficient (Wildman–Crippen LogP) is 2.65. The maximum absolute atomic E-state index is 11.9. The molecule has 17 heavy (non-hydrogen) atoms. The average Bonchev–Trinajstić information content (AvgIpc) is 2.66. The van der Waals surface area contributed by atoms with Crippen molar-refractivity contribution in [2.75, 3.05) is 6.54 Å². The number of carbonyl (C=O) groups excluding carboxylic acids is 1. The minimum absolute atomic E-state index is 0.0912. The van der Waals surface area contributed by atoms with Crippen molar-refractivity contribution in [2.24, 2.45) is 0 Å². The molecule has 2 N–H and O–H groups in total. The fourth-order valence-corrected chi connectivity index (χ4v) is 2.47. The number of hydrogen-bond acceptors (Lipinski definition) is 3. The van der Waals surface area contributed by atoms with E-state index in [0.29, 0.717) is 19.4 Å². The Morgan fingerprint density at radius 3 is 2.41 bits per heavy atom. The van der Waals surface area contributed by atoms with Gasteiger partial charge >= 0.3 is 0 Å². The molecule has 0 aliphatic carbocycles. The number of aryl methyl sites for hydroxylation is 2. The lowest BCUT2D eigenvalue weighted by atomic mass is 9.98. The van der Waals surface area contributed by atoms with Gasteiger partial charge in [-0.05, 0) is 38.3 Å². The number of amides is 1. The normalized spacial score (nSPS) is 11.6. The second-order valence-electron chi connectivity index (χ2n) is 4.46. The molecule has 0 aliphatic heterocycles. The zero-order chi connectivity index (χ0) is 13.1. The van der Waals surface area contributed by atoms with Crippen molar-refractivity contribution in [1.29, 1.82) is 0 Å². The molecule has 1 amide bonds. The molecule has 0 atom stereocenters. The summed E-state index contributed by atoms with van der Waals surface area (Å²) in [5, 5.41) is 12.9. The lowest BCUT2D eigenvalue weighted by Crippen LogP contribution is -2.41. The molecule has 0 aliphatic rings. The second kappa shape index (κ2) is 5.65. The molecule has 1 aromatic heterocycles. The van der Waals surface area contributed by atoms with Gasteiger partial charge in [0.25, 0.3) is 5.91 Å². The van der Waals surface area contributed by atoms with Crippen LogP contribution in [0.15, 0.2) is 6.07 Å². The minimum atomic E-state index is -0.781. The molecule has 96 valence electrons. The number of aliphatic hydroxyl groups is 1. The van der Waals surface area contributed by atoms with Crippen molar-refractivity contribution >= 4 is 17.2 Å². The largest absolute Gasteiger partial charge is 0.388 e. The van der Waals surface area contributed by atoms with Crippen LogP contribution in [0.1, 0.15) is 46.8 Å². The van der Waals surface area contributed by atoms with Crippen LogP contribution in [0, 0.1) is 13.8 Å². The van der Waals surface area contributed by atoms with Crippen LogP contribution in [0.25, 0.3) is 0 Å². The molecule has 3 nitrogen and oxygen atoms in total. The summed E-state index contributed by atoms with van der Waals surface area (Å²) in [5.41, 5.74) is 0.359. The Hall–Kier alpha value is -0.870. The van der Waals surface area contributed by atoms with Gasteiger partial charge in [-0.2, -0.15) is 0 Å². The second-order valence-corrected chi connectivity index (χ2v) is 5.72. The van der Waals surface area contributed by atoms with E-state index in [4.69, 9.17) is 0 Å². The molecule has 0 spiro atoms. The highest BCUT2D eigenvalue weighted by Crippen LogP contribution is 2.20. The van der Waals surface area contributed by atoms with Gasteiger partial charge in [0.2, 0.25) is 0 Å². The quantitative estimate of drug-likeness (QED) is 0.849. The first-order valence-corrected chi connectivity index (χ1v) is 6.81. The van der Waals surface area contributed by atoms with E-state index < -0.39 is 5.60 Å². The zero-order valence-electron chi connectivity index (χ0n) is 11.0. The van der Waals surface area contributed by atoms with Gasteiger partial charge in [-0.3, -0.25) is 4.79 Å². The molecule has 0 saturated carbocycles. The molecular weight excluding hydrogens is 234 g/mol. The fraction of sp³-hybridized carbons (Fsp3) is 0.615. The van der Waals surface area contributed by atoms with Gasteiger partial charge in [-0.15, -0.1) is 11.3 Å². The molecule has 1 rings (SSSR count). The van der Waals surface area contributed by atoms with Crippen LogP contribution >= 0.6 is 11.3 Å². The first kappa shape index (κ1) is 14.2. The summed E-state index contributed by atoms with van der Waals surface area (Å²) in [5.74, 6) is -0.0912. The molecule has 4 heteroatoms. The summed E-state index contributed by atoms with van der Waals surface area (Å²) >= 11 is 1.49. The molecule has 0 radical (unpaired) electrons. The van der Waals surface area contributed by atoms with Gasteiger partial charge < -0.3 is 10.4 Å². The van der Waals surface area contributed by atoms with Crippen LogP contribution in [0.4, 0.5) is 0 Å². The van der Waals surface area contributed by atoms with Crippen molar-refractivity contribution in [2.45, 2.75) is 46.1 Å². The molecular formula is C13H21NO2S. The summed E-state index contributed by atoms with van der Waals surface area (Å²) in [6, 6.07) is 1.90. The highest BCUT2D eigenvalue weighted by atomic mass is 32.1. The van der Waals surface area contributed by atoms with Crippen LogP contribution in [0.2, 0.25) is 0 Å². The van der Waals surface area contributed by atoms with Crippen LogP contribution in [0.5, 0.6) is 0 Å². The van der Waals surface area contributed by atoms with Crippen molar-refractivity contribution in [3.8, 4) is 0 Å². The lowest BCUT2D eigenvalue weighted by Gasteiger charge is -2.25. The van der Waals surface area contributed by atoms with Gasteiger partial charge in [0, 0.05) is 11.4 Å². The van der Waals surface area contributed by atoms with Crippen molar-refractivity contribution in [1.82, 2.24) is 5.32 Å². The Morgan fingerprint density at radius 1 is 1.41 bits per heavy atom. The molecule has 0 fully saturated rings. The predicted molar refractivity (Wildman–Crippen MR) is 71.7 cm³/mol. The summed E-state index contributed by atoms with van der Waals surface area (Å²) in [4.78, 5) is 13.8. The SMILES string of the molecule is CCC(O)(CC)CNC(=O)c1cc(C)c(C)s1. The standard InChI is InChI=1S/C13H21NO2S/c1-5-13(16,6-2)8-14-12(15)11-7-9(3)10(4)17-11/h7,16H,5-6,8H2,1-4H3,(H,14,15). The molecule has 0 aromatic carbocycles. The van der Waals surface area contributed by atoms with Gasteiger partial charge in [0.1, 0.15) is 0 Å². The third-order valence-corrected chi connectivity index (χ3v) is 4.44. The summed E-state index contributed by atoms with van der Waals surface area (Å²) in [6.07, 6.45) is 1.29. The molecule has 0 saturated heterocycles. The number of nitrogens with one attached hydrogen (secondary N) is 1. The maximum atomic E-state index is 11.9. The summed E-state index contributed by atoms with van der Waals surface area (Å²) < 4.78 is 0. The van der Waals surface area contributed by atoms with E-state index in [1.807, 2.05) is 33.8 Å². The van der Waals surface area contributed by atoms with E-state index in [1.54, 1.807) is 0 Å². The maximum Gasteiger partial charge on any atom is 0.261 e. The van der Waals surface area contributed by atoms with E-state index >= 15 is 0 Å². The van der Waals surface area contributed by atoms with Gasteiger partial charge in [0.05, 0.1) is 10.5 Å². The van der Waals surface area contributed by atoms with E-state index in [0.717, 1.165) is 15.3 Å². The van der Waals surface area contributed by atoms with Crippen molar-refractivity contribution in [3.63, 3.8) is 0 Å². The number of rotatable bonds is 5. The fourth-order valence-electron chi connectivity index (χ4n) is 1.52. The molecule has 1 heterocycles. The Morgan fingerprint density at radius 2 is 2.00 bits per heavy atom. The van der Waals surface area contributed by atoms with Gasteiger partial charge in [0.15, 0.2) is 0 Å². The van der Waals surface area contributed by atoms with Gasteiger partial charge in [-0.1, -0.05) is 13.8 Å². The third kappa shape index (κ3) is 3.54. The minimum Gasteiger partial charge on any atom is -0.388 e. The average molecular weight is 255 g/mol. The summed E-state index contributed by atoms with van der Waals surface area (Å²) in [6.45, 7) is 8.17. The molecule has 0 bridgehead atoms. The van der Waals surface area contributed by atoms with E-state index in [9.17, 15) is 9.90 Å². The molecule has 0 unspecified atom stereocenters. The number of carbonyl (C=O) groups is 1. The number of hydrogen-bond donors (Lipinski definition) is 2. The Bertz CT molecular complexity index is 375. The Kier molecular flexibility index (Phi) is 4.71. The summed E-state index contributed by atoms with van der Waals surface area (Å²) in [7, 11) is 0. The topological polar surface area (TPSA) is 49.3 Å². The lowest BCUT2D eigenvalue weighted by molar-refractivity contribution is 0.0314. The first-order chi connectivity index (χ1) is 7.91. The Labute approximate surface area is 107 Å². The van der Waals surface area contributed by atoms with Crippen LogP contribution in [0.3, 0.4) is 0 Å². The third-order valence-electron chi connectivity index (χ3n) is 3.28. The Balaban J connectivity index is 2.61. The van der Waals surface area contributed by atoms with Crippen LogP contribution in [-0.4, -0.2) is 23.2 Å². The highest BCUT2D eigenvalue weighted by molar-refractivity contribution is 7.14. The number of thiophene rings is 1. The van der Waals surface area contributed by atoms with Crippen LogP contribution < -0.4 is 5.32 Å². The first-order valence-electron chi connectivity index (χ1n) is 5.99. The van der Waals surface area contributed by atoms with Crippen molar-refractivity contribution < 1.29 is 9.90 Å².